The fourth-order valence-corrected chi connectivity index (χ4v) is 12.1. The van der Waals surface area contributed by atoms with E-state index in [0.29, 0.717) is 0 Å². The first-order valence-electron chi connectivity index (χ1n) is 13.0. The van der Waals surface area contributed by atoms with E-state index in [1.54, 1.807) is 19.5 Å². The fraction of sp³-hybridized carbons (Fsp3) is 0.714. The van der Waals surface area contributed by atoms with Gasteiger partial charge in [0.1, 0.15) is 0 Å². The summed E-state index contributed by atoms with van der Waals surface area (Å²) in [5, 5.41) is 4.71. The largest absolute Gasteiger partial charge is 0.185 e. The van der Waals surface area contributed by atoms with Gasteiger partial charge < -0.3 is 0 Å². The van der Waals surface area contributed by atoms with Crippen molar-refractivity contribution in [2.45, 2.75) is 117 Å². The fourth-order valence-electron chi connectivity index (χ4n) is 4.40. The van der Waals surface area contributed by atoms with Crippen LogP contribution in [0.25, 0.3) is 9.75 Å². The first-order valence-corrected chi connectivity index (χ1v) is 16.8. The van der Waals surface area contributed by atoms with E-state index >= 15 is 0 Å². The molecule has 3 rings (SSSR count). The van der Waals surface area contributed by atoms with Crippen LogP contribution in [0.1, 0.15) is 107 Å². The van der Waals surface area contributed by atoms with E-state index in [1.807, 2.05) is 50.4 Å². The van der Waals surface area contributed by atoms with Gasteiger partial charge in [0.15, 0.2) is 0 Å². The van der Waals surface area contributed by atoms with Crippen molar-refractivity contribution in [1.29, 1.82) is 0 Å². The molecular weight excluding hydrogens is 433 g/mol. The summed E-state index contributed by atoms with van der Waals surface area (Å²) in [6.45, 7) is 17.5. The summed E-state index contributed by atoms with van der Waals surface area (Å²) in [5.74, 6) is 4.58. The molecule has 1 unspecified atom stereocenters. The molecule has 180 valence electrons. The standard InChI is InChI=1S/C24H38S3.2C2H6/c1-5-6-7-8-17-27(18-14-20(4)11-9-10-19(2)3)21-12-15-25-23(21)24-22(27)13-16-26-24;2*1-2/h12-13,15-16,19-20H,5-11,14,17-18H2,1-4H3;2*1-2H3. The third-order valence-corrected chi connectivity index (χ3v) is 12.6. The molecule has 0 radical (unpaired) electrons. The van der Waals surface area contributed by atoms with Gasteiger partial charge in [0.25, 0.3) is 0 Å². The lowest BCUT2D eigenvalue weighted by atomic mass is 9.98. The van der Waals surface area contributed by atoms with E-state index in [9.17, 15) is 0 Å². The maximum absolute atomic E-state index is 2.50. The van der Waals surface area contributed by atoms with Crippen LogP contribution in [0, 0.1) is 11.8 Å². The summed E-state index contributed by atoms with van der Waals surface area (Å²) >= 11 is 3.98. The summed E-state index contributed by atoms with van der Waals surface area (Å²) in [6, 6.07) is 4.98. The van der Waals surface area contributed by atoms with Crippen LogP contribution in [-0.4, -0.2) is 11.5 Å². The maximum Gasteiger partial charge on any atom is 0.0577 e. The Labute approximate surface area is 204 Å². The molecule has 0 saturated heterocycles. The molecule has 1 aliphatic rings. The van der Waals surface area contributed by atoms with Crippen LogP contribution in [0.15, 0.2) is 32.7 Å². The van der Waals surface area contributed by atoms with Crippen molar-refractivity contribution >= 4 is 32.7 Å². The smallest absolute Gasteiger partial charge is 0.0577 e. The van der Waals surface area contributed by atoms with Crippen LogP contribution in [0.4, 0.5) is 0 Å². The zero-order chi connectivity index (χ0) is 23.3. The van der Waals surface area contributed by atoms with Gasteiger partial charge in [-0.1, -0.05) is 93.9 Å². The van der Waals surface area contributed by atoms with E-state index in [1.165, 1.54) is 62.9 Å². The van der Waals surface area contributed by atoms with Crippen molar-refractivity contribution in [3.63, 3.8) is 0 Å². The van der Waals surface area contributed by atoms with Gasteiger partial charge >= 0.3 is 0 Å². The van der Waals surface area contributed by atoms with Crippen LogP contribution in [-0.2, 0) is 0 Å². The van der Waals surface area contributed by atoms with Crippen LogP contribution < -0.4 is 0 Å². The summed E-state index contributed by atoms with van der Waals surface area (Å²) in [7, 11) is -0.789. The minimum Gasteiger partial charge on any atom is -0.185 e. The Morgan fingerprint density at radius 1 is 0.710 bits per heavy atom. The number of fused-ring (bicyclic) bond motifs is 3. The van der Waals surface area contributed by atoms with E-state index in [4.69, 9.17) is 0 Å². The Hall–Kier alpha value is -0.250. The molecule has 0 bridgehead atoms. The van der Waals surface area contributed by atoms with E-state index in [0.717, 1.165) is 11.8 Å². The summed E-state index contributed by atoms with van der Waals surface area (Å²) < 4.78 is 0. The highest BCUT2D eigenvalue weighted by Crippen LogP contribution is 2.74. The van der Waals surface area contributed by atoms with Crippen LogP contribution in [0.3, 0.4) is 0 Å². The molecule has 3 heterocycles. The lowest BCUT2D eigenvalue weighted by Gasteiger charge is -2.38. The molecule has 0 spiro atoms. The zero-order valence-corrected chi connectivity index (χ0v) is 24.2. The molecule has 0 fully saturated rings. The van der Waals surface area contributed by atoms with Crippen LogP contribution in [0.5, 0.6) is 0 Å². The first-order chi connectivity index (χ1) is 15.1. The van der Waals surface area contributed by atoms with Gasteiger partial charge in [-0.15, -0.1) is 22.7 Å². The van der Waals surface area contributed by atoms with Gasteiger partial charge in [-0.3, -0.25) is 0 Å². The third kappa shape index (κ3) is 7.64. The normalized spacial score (nSPS) is 15.3. The second-order valence-corrected chi connectivity index (χ2v) is 14.1. The quantitative estimate of drug-likeness (QED) is 0.264. The van der Waals surface area contributed by atoms with Crippen molar-refractivity contribution in [2.24, 2.45) is 11.8 Å². The summed E-state index contributed by atoms with van der Waals surface area (Å²) in [6.07, 6.45) is 11.2. The van der Waals surface area contributed by atoms with Crippen molar-refractivity contribution in [3.8, 4) is 9.75 Å². The van der Waals surface area contributed by atoms with Crippen molar-refractivity contribution in [1.82, 2.24) is 0 Å². The molecule has 2 aromatic heterocycles. The molecule has 3 heteroatoms. The minimum absolute atomic E-state index is 0.789. The Morgan fingerprint density at radius 3 is 1.81 bits per heavy atom. The van der Waals surface area contributed by atoms with Gasteiger partial charge in [0.2, 0.25) is 0 Å². The summed E-state index contributed by atoms with van der Waals surface area (Å²) in [4.78, 5) is 6.75. The highest BCUT2D eigenvalue weighted by atomic mass is 32.3. The predicted molar refractivity (Wildman–Crippen MR) is 151 cm³/mol. The third-order valence-electron chi connectivity index (χ3n) is 6.09. The number of unbranched alkanes of at least 4 members (excludes halogenated alkanes) is 3. The molecular formula is C28H50S3. The van der Waals surface area contributed by atoms with Gasteiger partial charge in [-0.2, -0.15) is 10.0 Å². The Bertz CT molecular complexity index is 654. The Kier molecular flexibility index (Phi) is 14.4. The number of hydrogen-bond acceptors (Lipinski definition) is 2. The molecule has 0 aromatic carbocycles. The monoisotopic (exact) mass is 482 g/mol. The number of rotatable bonds is 12. The van der Waals surface area contributed by atoms with E-state index in [2.05, 4.69) is 50.6 Å². The SMILES string of the molecule is CC.CC.CCCCCCS1(CCC(C)CCCC(C)C)c2ccsc2-c2sccc21. The molecule has 1 aliphatic heterocycles. The van der Waals surface area contributed by atoms with Gasteiger partial charge in [0.05, 0.1) is 9.75 Å². The topological polar surface area (TPSA) is 0 Å². The molecule has 1 atom stereocenters. The lowest BCUT2D eigenvalue weighted by Crippen LogP contribution is -2.11. The average Bonchev–Trinajstić information content (AvgIpc) is 3.49. The zero-order valence-electron chi connectivity index (χ0n) is 21.8. The molecule has 0 nitrogen and oxygen atoms in total. The van der Waals surface area contributed by atoms with Crippen molar-refractivity contribution in [3.05, 3.63) is 22.9 Å². The molecule has 0 saturated carbocycles. The van der Waals surface area contributed by atoms with E-state index in [-0.39, 0.29) is 0 Å². The van der Waals surface area contributed by atoms with Gasteiger partial charge in [-0.25, -0.2) is 0 Å². The molecule has 2 aromatic rings. The second-order valence-electron chi connectivity index (χ2n) is 8.80. The molecule has 31 heavy (non-hydrogen) atoms. The highest BCUT2D eigenvalue weighted by molar-refractivity contribution is 8.34. The maximum atomic E-state index is 2.50. The highest BCUT2D eigenvalue weighted by Gasteiger charge is 2.40. The summed E-state index contributed by atoms with van der Waals surface area (Å²) in [5.41, 5.74) is 0. The van der Waals surface area contributed by atoms with Crippen LogP contribution >= 0.6 is 32.7 Å². The first kappa shape index (κ1) is 28.8. The minimum atomic E-state index is -0.789. The second kappa shape index (κ2) is 15.6. The predicted octanol–water partition coefficient (Wildman–Crippen LogP) is 11.5. The number of hydrogen-bond donors (Lipinski definition) is 0. The van der Waals surface area contributed by atoms with Crippen LogP contribution in [0.2, 0.25) is 0 Å². The molecule has 0 amide bonds. The van der Waals surface area contributed by atoms with Gasteiger partial charge in [-0.05, 0) is 59.1 Å². The van der Waals surface area contributed by atoms with Crippen molar-refractivity contribution in [2.75, 3.05) is 11.5 Å². The van der Waals surface area contributed by atoms with Crippen molar-refractivity contribution < 1.29 is 0 Å². The molecule has 0 N–H and O–H groups in total. The average molecular weight is 483 g/mol. The van der Waals surface area contributed by atoms with Gasteiger partial charge in [0, 0.05) is 9.79 Å². The molecule has 0 aliphatic carbocycles. The lowest BCUT2D eigenvalue weighted by molar-refractivity contribution is 0.450. The van der Waals surface area contributed by atoms with E-state index < -0.39 is 10.0 Å². The Balaban J connectivity index is 0.00000113. The Morgan fingerprint density at radius 2 is 1.29 bits per heavy atom. The number of thiophene rings is 2.